The Balaban J connectivity index is 1.30. The number of benzene rings is 2. The van der Waals surface area contributed by atoms with E-state index in [4.69, 9.17) is 4.74 Å². The molecule has 1 aliphatic heterocycles. The number of aliphatic hydroxyl groups is 1. The Bertz CT molecular complexity index is 1310. The fourth-order valence-electron chi connectivity index (χ4n) is 5.45. The monoisotopic (exact) mass is 515 g/mol. The molecule has 1 saturated heterocycles. The largest absolute Gasteiger partial charge is 0.481 e. The normalized spacial score (nSPS) is 21.5. The fraction of sp³-hybridized carbons (Fsp3) is 0.400. The van der Waals surface area contributed by atoms with Crippen LogP contribution in [-0.2, 0) is 20.5 Å². The summed E-state index contributed by atoms with van der Waals surface area (Å²) in [6.07, 6.45) is 1.64. The summed E-state index contributed by atoms with van der Waals surface area (Å²) in [4.78, 5) is 26.6. The van der Waals surface area contributed by atoms with Crippen LogP contribution in [0.3, 0.4) is 0 Å². The van der Waals surface area contributed by atoms with Gasteiger partial charge in [-0.25, -0.2) is 4.79 Å². The Morgan fingerprint density at radius 2 is 1.71 bits per heavy atom. The van der Waals surface area contributed by atoms with Crippen molar-refractivity contribution in [3.05, 3.63) is 83.6 Å². The zero-order valence-electron chi connectivity index (χ0n) is 21.9. The van der Waals surface area contributed by atoms with Gasteiger partial charge in [0.2, 0.25) is 0 Å². The maximum absolute atomic E-state index is 13.3. The Labute approximate surface area is 222 Å². The van der Waals surface area contributed by atoms with E-state index in [0.29, 0.717) is 43.6 Å². The molecular weight excluding hydrogens is 482 g/mol. The van der Waals surface area contributed by atoms with Gasteiger partial charge in [-0.1, -0.05) is 54.6 Å². The number of ether oxygens (including phenoxy) is 1. The predicted octanol–water partition coefficient (Wildman–Crippen LogP) is 5.22. The van der Waals surface area contributed by atoms with Crippen molar-refractivity contribution in [3.8, 4) is 11.3 Å². The summed E-state index contributed by atoms with van der Waals surface area (Å²) in [5.74, 6) is -0.852. The van der Waals surface area contributed by atoms with Gasteiger partial charge >= 0.3 is 12.1 Å². The molecule has 0 unspecified atom stereocenters. The summed E-state index contributed by atoms with van der Waals surface area (Å²) in [5, 5.41) is 28.5. The predicted molar refractivity (Wildman–Crippen MR) is 141 cm³/mol. The Morgan fingerprint density at radius 3 is 2.24 bits per heavy atom. The number of rotatable bonds is 8. The molecule has 0 spiro atoms. The Kier molecular flexibility index (Phi) is 6.47. The highest BCUT2D eigenvalue weighted by molar-refractivity contribution is 5.84. The van der Waals surface area contributed by atoms with Crippen LogP contribution in [0.15, 0.2) is 66.7 Å². The Hall–Kier alpha value is -3.78. The van der Waals surface area contributed by atoms with Gasteiger partial charge in [0.15, 0.2) is 0 Å². The molecule has 1 aliphatic carbocycles. The van der Waals surface area contributed by atoms with Crippen molar-refractivity contribution in [3.63, 3.8) is 0 Å². The molecule has 2 atom stereocenters. The zero-order valence-corrected chi connectivity index (χ0v) is 21.9. The molecule has 0 bridgehead atoms. The molecule has 1 aromatic heterocycles. The van der Waals surface area contributed by atoms with Crippen LogP contribution in [0.5, 0.6) is 0 Å². The lowest BCUT2D eigenvalue weighted by Crippen LogP contribution is -2.51. The smallest absolute Gasteiger partial charge is 0.411 e. The SMILES string of the molecule is C[C@@H](c1ccc(-c2ccc(C3(C(=O)O)CC3)nn2)cc1)N1CC[C@](CC(C)(C)O)(c2ccccc2)OC1=O. The van der Waals surface area contributed by atoms with Gasteiger partial charge in [0.1, 0.15) is 11.0 Å². The number of nitrogens with zero attached hydrogens (tertiary/aromatic N) is 3. The Morgan fingerprint density at radius 1 is 1.03 bits per heavy atom. The number of carboxylic acid groups (broad SMARTS) is 1. The van der Waals surface area contributed by atoms with E-state index in [1.165, 1.54) is 0 Å². The number of carbonyl (C=O) groups is 2. The van der Waals surface area contributed by atoms with E-state index in [1.807, 2.05) is 61.5 Å². The molecule has 1 amide bonds. The number of hydrogen-bond donors (Lipinski definition) is 2. The fourth-order valence-corrected chi connectivity index (χ4v) is 5.45. The lowest BCUT2D eigenvalue weighted by Gasteiger charge is -2.45. The summed E-state index contributed by atoms with van der Waals surface area (Å²) in [7, 11) is 0. The molecule has 2 aliphatic rings. The van der Waals surface area contributed by atoms with Crippen LogP contribution >= 0.6 is 0 Å². The molecule has 198 valence electrons. The number of carbonyl (C=O) groups excluding carboxylic acids is 1. The number of aromatic nitrogens is 2. The first-order valence-corrected chi connectivity index (χ1v) is 13.0. The van der Waals surface area contributed by atoms with Crippen LogP contribution in [0, 0.1) is 0 Å². The first kappa shape index (κ1) is 25.9. The molecule has 2 aromatic carbocycles. The van der Waals surface area contributed by atoms with E-state index in [0.717, 1.165) is 16.7 Å². The highest BCUT2D eigenvalue weighted by Crippen LogP contribution is 2.47. The van der Waals surface area contributed by atoms with Crippen LogP contribution in [0.1, 0.15) is 69.3 Å². The average Bonchev–Trinajstić information content (AvgIpc) is 3.71. The summed E-state index contributed by atoms with van der Waals surface area (Å²) in [6.45, 7) is 5.93. The minimum Gasteiger partial charge on any atom is -0.481 e. The molecule has 0 radical (unpaired) electrons. The molecule has 8 heteroatoms. The lowest BCUT2D eigenvalue weighted by atomic mass is 9.80. The van der Waals surface area contributed by atoms with Gasteiger partial charge in [-0.3, -0.25) is 4.79 Å². The summed E-state index contributed by atoms with van der Waals surface area (Å²) < 4.78 is 6.11. The first-order valence-electron chi connectivity index (χ1n) is 13.0. The van der Waals surface area contributed by atoms with Gasteiger partial charge in [-0.15, -0.1) is 0 Å². The van der Waals surface area contributed by atoms with E-state index in [9.17, 15) is 19.8 Å². The molecule has 38 heavy (non-hydrogen) atoms. The first-order chi connectivity index (χ1) is 18.0. The molecule has 2 N–H and O–H groups in total. The van der Waals surface area contributed by atoms with E-state index in [-0.39, 0.29) is 6.04 Å². The molecular formula is C30H33N3O5. The second-order valence-corrected chi connectivity index (χ2v) is 11.1. The van der Waals surface area contributed by atoms with Crippen molar-refractivity contribution in [1.82, 2.24) is 15.1 Å². The van der Waals surface area contributed by atoms with Crippen molar-refractivity contribution in [2.45, 2.75) is 69.1 Å². The van der Waals surface area contributed by atoms with E-state index in [1.54, 1.807) is 30.9 Å². The van der Waals surface area contributed by atoms with Gasteiger partial charge in [0.25, 0.3) is 0 Å². The second kappa shape index (κ2) is 9.51. The lowest BCUT2D eigenvalue weighted by molar-refractivity contribution is -0.140. The zero-order chi connectivity index (χ0) is 27.1. The van der Waals surface area contributed by atoms with Crippen LogP contribution in [0.25, 0.3) is 11.3 Å². The van der Waals surface area contributed by atoms with E-state index < -0.39 is 28.7 Å². The number of cyclic esters (lactones) is 1. The van der Waals surface area contributed by atoms with Crippen molar-refractivity contribution in [1.29, 1.82) is 0 Å². The third kappa shape index (κ3) is 4.88. The van der Waals surface area contributed by atoms with Crippen molar-refractivity contribution in [2.75, 3.05) is 6.54 Å². The average molecular weight is 516 g/mol. The summed E-state index contributed by atoms with van der Waals surface area (Å²) in [6, 6.07) is 20.7. The van der Waals surface area contributed by atoms with E-state index in [2.05, 4.69) is 10.2 Å². The van der Waals surface area contributed by atoms with Gasteiger partial charge in [-0.2, -0.15) is 10.2 Å². The summed E-state index contributed by atoms with van der Waals surface area (Å²) >= 11 is 0. The van der Waals surface area contributed by atoms with E-state index >= 15 is 0 Å². The minimum atomic E-state index is -1.01. The number of amides is 1. The number of hydrogen-bond acceptors (Lipinski definition) is 6. The van der Waals surface area contributed by atoms with Gasteiger partial charge in [0.05, 0.1) is 23.0 Å². The van der Waals surface area contributed by atoms with Crippen LogP contribution in [0.4, 0.5) is 4.79 Å². The molecule has 8 nitrogen and oxygen atoms in total. The standard InChI is InChI=1S/C30H33N3O5/c1-20(33-18-17-30(38-27(33)36,19-28(2,3)37)23-7-5-4-6-8-23)21-9-11-22(12-10-21)24-13-14-25(32-31-24)29(15-16-29)26(34)35/h4-14,20,37H,15-19H2,1-3H3,(H,34,35)/t20-,30-/m0/s1. The molecule has 2 fully saturated rings. The van der Waals surface area contributed by atoms with Crippen molar-refractivity contribution >= 4 is 12.1 Å². The highest BCUT2D eigenvalue weighted by Gasteiger charge is 2.53. The van der Waals surface area contributed by atoms with Gasteiger partial charge in [0, 0.05) is 24.9 Å². The number of carboxylic acids is 1. The quantitative estimate of drug-likeness (QED) is 0.423. The highest BCUT2D eigenvalue weighted by atomic mass is 16.6. The van der Waals surface area contributed by atoms with Crippen LogP contribution in [-0.4, -0.2) is 49.5 Å². The third-order valence-corrected chi connectivity index (χ3v) is 7.76. The maximum Gasteiger partial charge on any atom is 0.411 e. The van der Waals surface area contributed by atoms with Gasteiger partial charge < -0.3 is 19.8 Å². The molecule has 2 heterocycles. The van der Waals surface area contributed by atoms with Crippen LogP contribution in [0.2, 0.25) is 0 Å². The maximum atomic E-state index is 13.3. The van der Waals surface area contributed by atoms with Crippen LogP contribution < -0.4 is 0 Å². The number of aliphatic carboxylic acids is 1. The minimum absolute atomic E-state index is 0.216. The third-order valence-electron chi connectivity index (χ3n) is 7.76. The molecule has 1 saturated carbocycles. The van der Waals surface area contributed by atoms with Crippen molar-refractivity contribution in [2.24, 2.45) is 0 Å². The summed E-state index contributed by atoms with van der Waals surface area (Å²) in [5.41, 5.74) is 1.08. The molecule has 3 aromatic rings. The topological polar surface area (TPSA) is 113 Å². The molecule has 5 rings (SSSR count). The van der Waals surface area contributed by atoms with Gasteiger partial charge in [-0.05, 0) is 56.9 Å². The van der Waals surface area contributed by atoms with Crippen molar-refractivity contribution < 1.29 is 24.5 Å². The second-order valence-electron chi connectivity index (χ2n) is 11.1.